The predicted molar refractivity (Wildman–Crippen MR) is 40.8 cm³/mol. The van der Waals surface area contributed by atoms with Gasteiger partial charge in [-0.15, -0.1) is 0 Å². The molecule has 7 nitrogen and oxygen atoms in total. The van der Waals surface area contributed by atoms with Gasteiger partial charge in [-0.25, -0.2) is 0 Å². The van der Waals surface area contributed by atoms with Crippen molar-refractivity contribution in [3.63, 3.8) is 0 Å². The smallest absolute Gasteiger partial charge is 0.189 e. The number of aliphatic hydroxyl groups excluding tert-OH is 5. The van der Waals surface area contributed by atoms with Gasteiger partial charge in [0.25, 0.3) is 0 Å². The van der Waals surface area contributed by atoms with Gasteiger partial charge in [-0.3, -0.25) is 4.79 Å². The number of rotatable bonds is 5. The van der Waals surface area contributed by atoms with E-state index in [0.29, 0.717) is 0 Å². The lowest BCUT2D eigenvalue weighted by atomic mass is 10.1. The number of hydrogen-bond donors (Lipinski definition) is 5. The summed E-state index contributed by atoms with van der Waals surface area (Å²) in [5.74, 6) is -1.00. The number of carbonyl (C=O) groups excluding carboxylic acids is 1. The van der Waals surface area contributed by atoms with Crippen LogP contribution >= 0.6 is 0 Å². The molecular weight excluding hydrogens is 184 g/mol. The topological polar surface area (TPSA) is 150 Å². The van der Waals surface area contributed by atoms with Crippen molar-refractivity contribution in [2.45, 2.75) is 18.3 Å². The average Bonchev–Trinajstić information content (AvgIpc) is 2.12. The van der Waals surface area contributed by atoms with E-state index < -0.39 is 37.3 Å². The van der Waals surface area contributed by atoms with Crippen LogP contribution in [0, 0.1) is 0 Å². The van der Waals surface area contributed by atoms with Gasteiger partial charge in [0.15, 0.2) is 5.78 Å². The third-order valence-electron chi connectivity index (χ3n) is 1.39. The molecule has 3 atom stereocenters. The van der Waals surface area contributed by atoms with Crippen LogP contribution in [0.3, 0.4) is 0 Å². The van der Waals surface area contributed by atoms with Crippen LogP contribution in [-0.2, 0) is 4.79 Å². The van der Waals surface area contributed by atoms with Crippen molar-refractivity contribution in [1.29, 1.82) is 0 Å². The Morgan fingerprint density at radius 3 is 1.92 bits per heavy atom. The van der Waals surface area contributed by atoms with Crippen LogP contribution in [-0.4, -0.2) is 68.3 Å². The molecule has 0 fully saturated rings. The number of ketones is 1. The van der Waals surface area contributed by atoms with Crippen LogP contribution in [0.15, 0.2) is 0 Å². The van der Waals surface area contributed by atoms with Crippen molar-refractivity contribution in [2.24, 2.45) is 0 Å². The van der Waals surface area contributed by atoms with Gasteiger partial charge >= 0.3 is 0 Å². The molecule has 80 valence electrons. The van der Waals surface area contributed by atoms with E-state index in [9.17, 15) is 4.79 Å². The van der Waals surface area contributed by atoms with Gasteiger partial charge in [-0.1, -0.05) is 0 Å². The molecular formula is C6H14O7. The number of aliphatic hydroxyl groups is 5. The maximum absolute atomic E-state index is 10.5. The highest BCUT2D eigenvalue weighted by Gasteiger charge is 2.28. The molecule has 0 aromatic carbocycles. The Hall–Kier alpha value is -0.570. The largest absolute Gasteiger partial charge is 0.412 e. The maximum atomic E-state index is 10.5. The normalized spacial score (nSPS) is 17.0. The first kappa shape index (κ1) is 14.9. The number of Topliss-reactive ketones (excluding diaryl/α,β-unsaturated/α-hetero) is 1. The first-order chi connectivity index (χ1) is 5.54. The Bertz CT molecular complexity index is 148. The first-order valence-electron chi connectivity index (χ1n) is 3.33. The van der Waals surface area contributed by atoms with E-state index in [1.165, 1.54) is 0 Å². The van der Waals surface area contributed by atoms with Gasteiger partial charge in [-0.05, 0) is 0 Å². The van der Waals surface area contributed by atoms with E-state index in [1.54, 1.807) is 0 Å². The highest BCUT2D eigenvalue weighted by molar-refractivity contribution is 5.84. The van der Waals surface area contributed by atoms with Crippen molar-refractivity contribution in [2.75, 3.05) is 13.2 Å². The van der Waals surface area contributed by atoms with Gasteiger partial charge in [-0.2, -0.15) is 0 Å². The molecule has 0 aliphatic carbocycles. The Kier molecular flexibility index (Phi) is 7.92. The van der Waals surface area contributed by atoms with Crippen LogP contribution < -0.4 is 0 Å². The van der Waals surface area contributed by atoms with Gasteiger partial charge in [0, 0.05) is 0 Å². The SMILES string of the molecule is O.O=C(CO)[C@@H](O)[C@H](O)[C@H](O)CO. The summed E-state index contributed by atoms with van der Waals surface area (Å²) in [5, 5.41) is 43.1. The quantitative estimate of drug-likeness (QED) is 0.302. The van der Waals surface area contributed by atoms with E-state index in [2.05, 4.69) is 0 Å². The first-order valence-corrected chi connectivity index (χ1v) is 3.33. The molecule has 0 aromatic rings. The fourth-order valence-electron chi connectivity index (χ4n) is 0.602. The van der Waals surface area contributed by atoms with E-state index in [1.807, 2.05) is 0 Å². The van der Waals surface area contributed by atoms with Gasteiger partial charge in [0.2, 0.25) is 0 Å². The molecule has 0 saturated heterocycles. The molecule has 0 bridgehead atoms. The lowest BCUT2D eigenvalue weighted by Crippen LogP contribution is -2.44. The molecule has 0 amide bonds. The summed E-state index contributed by atoms with van der Waals surface area (Å²) in [6.07, 6.45) is -5.22. The van der Waals surface area contributed by atoms with Crippen molar-refractivity contribution < 1.29 is 35.8 Å². The summed E-state index contributed by atoms with van der Waals surface area (Å²) in [4.78, 5) is 10.5. The second-order valence-corrected chi connectivity index (χ2v) is 2.31. The summed E-state index contributed by atoms with van der Waals surface area (Å²) < 4.78 is 0. The maximum Gasteiger partial charge on any atom is 0.189 e. The van der Waals surface area contributed by atoms with Crippen LogP contribution in [0.1, 0.15) is 0 Å². The lowest BCUT2D eigenvalue weighted by molar-refractivity contribution is -0.142. The van der Waals surface area contributed by atoms with Crippen molar-refractivity contribution >= 4 is 5.78 Å². The highest BCUT2D eigenvalue weighted by atomic mass is 16.4. The highest BCUT2D eigenvalue weighted by Crippen LogP contribution is 2.00. The molecule has 0 heterocycles. The number of carbonyl (C=O) groups is 1. The molecule has 7 N–H and O–H groups in total. The molecule has 7 heteroatoms. The zero-order chi connectivity index (χ0) is 9.72. The minimum Gasteiger partial charge on any atom is -0.412 e. The molecule has 0 rings (SSSR count). The Balaban J connectivity index is 0. The zero-order valence-electron chi connectivity index (χ0n) is 6.79. The van der Waals surface area contributed by atoms with Crippen LogP contribution in [0.25, 0.3) is 0 Å². The molecule has 0 aliphatic rings. The Labute approximate surface area is 74.2 Å². The predicted octanol–water partition coefficient (Wildman–Crippen LogP) is -4.20. The molecule has 0 aromatic heterocycles. The molecule has 0 unspecified atom stereocenters. The van der Waals surface area contributed by atoms with Crippen molar-refractivity contribution in [1.82, 2.24) is 0 Å². The lowest BCUT2D eigenvalue weighted by Gasteiger charge is -2.19. The fraction of sp³-hybridized carbons (Fsp3) is 0.833. The zero-order valence-corrected chi connectivity index (χ0v) is 6.79. The average molecular weight is 198 g/mol. The van der Waals surface area contributed by atoms with Gasteiger partial charge in [0.1, 0.15) is 24.9 Å². The monoisotopic (exact) mass is 198 g/mol. The van der Waals surface area contributed by atoms with Gasteiger partial charge < -0.3 is 31.0 Å². The van der Waals surface area contributed by atoms with Crippen LogP contribution in [0.5, 0.6) is 0 Å². The molecule has 13 heavy (non-hydrogen) atoms. The minimum absolute atomic E-state index is 0. The van der Waals surface area contributed by atoms with E-state index in [-0.39, 0.29) is 5.48 Å². The number of hydrogen-bond acceptors (Lipinski definition) is 6. The van der Waals surface area contributed by atoms with Crippen molar-refractivity contribution in [3.05, 3.63) is 0 Å². The summed E-state index contributed by atoms with van der Waals surface area (Å²) in [6.45, 7) is -1.69. The Morgan fingerprint density at radius 2 is 1.62 bits per heavy atom. The van der Waals surface area contributed by atoms with Crippen LogP contribution in [0.4, 0.5) is 0 Å². The van der Waals surface area contributed by atoms with E-state index in [4.69, 9.17) is 25.5 Å². The summed E-state index contributed by atoms with van der Waals surface area (Å²) in [7, 11) is 0. The Morgan fingerprint density at radius 1 is 1.15 bits per heavy atom. The second-order valence-electron chi connectivity index (χ2n) is 2.31. The van der Waals surface area contributed by atoms with Crippen molar-refractivity contribution in [3.8, 4) is 0 Å². The molecule has 0 spiro atoms. The third-order valence-corrected chi connectivity index (χ3v) is 1.39. The molecule has 0 aliphatic heterocycles. The molecule has 0 radical (unpaired) electrons. The standard InChI is InChI=1S/C6H12O6.H2O/c7-1-3(9)5(11)6(12)4(10)2-8;/h3,5-9,11-12H,1-2H2;1H2/t3-,5-,6-;/m1./s1. The summed E-state index contributed by atoms with van der Waals surface area (Å²) in [6, 6.07) is 0. The fourth-order valence-corrected chi connectivity index (χ4v) is 0.602. The minimum atomic E-state index is -1.86. The second kappa shape index (κ2) is 6.89. The third kappa shape index (κ3) is 4.27. The molecule has 0 saturated carbocycles. The van der Waals surface area contributed by atoms with Gasteiger partial charge in [0.05, 0.1) is 6.61 Å². The van der Waals surface area contributed by atoms with E-state index in [0.717, 1.165) is 0 Å². The van der Waals surface area contributed by atoms with Crippen LogP contribution in [0.2, 0.25) is 0 Å². The summed E-state index contributed by atoms with van der Waals surface area (Å²) >= 11 is 0. The summed E-state index contributed by atoms with van der Waals surface area (Å²) in [5.41, 5.74) is 0. The van der Waals surface area contributed by atoms with E-state index >= 15 is 0 Å².